The van der Waals surface area contributed by atoms with E-state index in [0.717, 1.165) is 17.7 Å². The van der Waals surface area contributed by atoms with Crippen LogP contribution in [0.1, 0.15) is 16.7 Å². The van der Waals surface area contributed by atoms with E-state index >= 15 is 0 Å². The smallest absolute Gasteiger partial charge is 0.396 e. The maximum absolute atomic E-state index is 12.6. The molecule has 0 aliphatic carbocycles. The van der Waals surface area contributed by atoms with E-state index in [-0.39, 0.29) is 6.54 Å². The highest BCUT2D eigenvalue weighted by Gasteiger charge is 2.30. The third-order valence-electron chi connectivity index (χ3n) is 2.77. The number of pyridine rings is 1. The predicted molar refractivity (Wildman–Crippen MR) is 72.2 cm³/mol. The standard InChI is InChI=1S/C14H14F3N3/c1-9-5-12(18)13(19-7-9)20-8-10-3-2-4-11(6-10)14(15,16)17/h2-7H,8,18H2,1H3,(H,19,20). The molecule has 0 saturated carbocycles. The van der Waals surface area contributed by atoms with E-state index in [2.05, 4.69) is 10.3 Å². The molecule has 6 heteroatoms. The Labute approximate surface area is 114 Å². The van der Waals surface area contributed by atoms with Crippen LogP contribution in [0.5, 0.6) is 0 Å². The summed E-state index contributed by atoms with van der Waals surface area (Å²) in [4.78, 5) is 4.11. The van der Waals surface area contributed by atoms with Gasteiger partial charge in [-0.2, -0.15) is 13.2 Å². The van der Waals surface area contributed by atoms with Crippen LogP contribution in [0.4, 0.5) is 24.7 Å². The first-order chi connectivity index (χ1) is 9.36. The molecule has 0 aliphatic rings. The van der Waals surface area contributed by atoms with Crippen molar-refractivity contribution in [1.82, 2.24) is 4.98 Å². The number of hydrogen-bond donors (Lipinski definition) is 2. The summed E-state index contributed by atoms with van der Waals surface area (Å²) in [5.74, 6) is 0.466. The minimum absolute atomic E-state index is 0.226. The molecule has 2 aromatic rings. The van der Waals surface area contributed by atoms with Gasteiger partial charge in [-0.15, -0.1) is 0 Å². The van der Waals surface area contributed by atoms with Crippen molar-refractivity contribution in [3.8, 4) is 0 Å². The van der Waals surface area contributed by atoms with Crippen molar-refractivity contribution in [2.24, 2.45) is 0 Å². The predicted octanol–water partition coefficient (Wildman–Crippen LogP) is 3.60. The number of nitrogens with one attached hydrogen (secondary N) is 1. The molecule has 3 N–H and O–H groups in total. The van der Waals surface area contributed by atoms with Crippen LogP contribution < -0.4 is 11.1 Å². The summed E-state index contributed by atoms with van der Waals surface area (Å²) >= 11 is 0. The molecule has 2 rings (SSSR count). The monoisotopic (exact) mass is 281 g/mol. The lowest BCUT2D eigenvalue weighted by atomic mass is 10.1. The van der Waals surface area contributed by atoms with Crippen molar-refractivity contribution >= 4 is 11.5 Å². The van der Waals surface area contributed by atoms with E-state index in [1.165, 1.54) is 6.07 Å². The summed E-state index contributed by atoms with van der Waals surface area (Å²) < 4.78 is 37.8. The maximum Gasteiger partial charge on any atom is 0.416 e. The molecule has 0 radical (unpaired) electrons. The molecular weight excluding hydrogens is 267 g/mol. The summed E-state index contributed by atoms with van der Waals surface area (Å²) in [5.41, 5.74) is 7.02. The third-order valence-corrected chi connectivity index (χ3v) is 2.77. The molecule has 0 aliphatic heterocycles. The molecule has 0 fully saturated rings. The SMILES string of the molecule is Cc1cnc(NCc2cccc(C(F)(F)F)c2)c(N)c1. The molecule has 0 saturated heterocycles. The normalized spacial score (nSPS) is 11.4. The summed E-state index contributed by atoms with van der Waals surface area (Å²) in [6, 6.07) is 6.90. The number of nitrogens with two attached hydrogens (primary N) is 1. The Morgan fingerprint density at radius 1 is 1.25 bits per heavy atom. The number of alkyl halides is 3. The summed E-state index contributed by atoms with van der Waals surface area (Å²) in [7, 11) is 0. The van der Waals surface area contributed by atoms with Crippen molar-refractivity contribution < 1.29 is 13.2 Å². The van der Waals surface area contributed by atoms with Gasteiger partial charge >= 0.3 is 6.18 Å². The zero-order chi connectivity index (χ0) is 14.8. The molecule has 0 atom stereocenters. The zero-order valence-electron chi connectivity index (χ0n) is 10.8. The molecule has 0 unspecified atom stereocenters. The van der Waals surface area contributed by atoms with Gasteiger partial charge in [0.25, 0.3) is 0 Å². The van der Waals surface area contributed by atoms with E-state index in [1.807, 2.05) is 6.92 Å². The van der Waals surface area contributed by atoms with Crippen molar-refractivity contribution in [1.29, 1.82) is 0 Å². The van der Waals surface area contributed by atoms with Crippen LogP contribution in [0.15, 0.2) is 36.5 Å². The van der Waals surface area contributed by atoms with E-state index in [0.29, 0.717) is 17.1 Å². The van der Waals surface area contributed by atoms with Crippen LogP contribution in [0, 0.1) is 6.92 Å². The number of aromatic nitrogens is 1. The first-order valence-electron chi connectivity index (χ1n) is 5.98. The highest BCUT2D eigenvalue weighted by atomic mass is 19.4. The van der Waals surface area contributed by atoms with Gasteiger partial charge in [-0.3, -0.25) is 0 Å². The van der Waals surface area contributed by atoms with E-state index < -0.39 is 11.7 Å². The first-order valence-corrected chi connectivity index (χ1v) is 5.98. The Balaban J connectivity index is 2.11. The average molecular weight is 281 g/mol. The van der Waals surface area contributed by atoms with E-state index in [4.69, 9.17) is 5.73 Å². The molecule has 0 amide bonds. The van der Waals surface area contributed by atoms with Crippen LogP contribution in [-0.4, -0.2) is 4.98 Å². The Morgan fingerprint density at radius 2 is 2.00 bits per heavy atom. The van der Waals surface area contributed by atoms with Gasteiger partial charge in [0.2, 0.25) is 0 Å². The van der Waals surface area contributed by atoms with Crippen LogP contribution in [0.25, 0.3) is 0 Å². The fraction of sp³-hybridized carbons (Fsp3) is 0.214. The Morgan fingerprint density at radius 3 is 2.65 bits per heavy atom. The van der Waals surface area contributed by atoms with Gasteiger partial charge in [0.05, 0.1) is 11.3 Å². The van der Waals surface area contributed by atoms with E-state index in [9.17, 15) is 13.2 Å². The highest BCUT2D eigenvalue weighted by Crippen LogP contribution is 2.29. The Kier molecular flexibility index (Phi) is 3.83. The van der Waals surface area contributed by atoms with Crippen LogP contribution in [-0.2, 0) is 12.7 Å². The number of aryl methyl sites for hydroxylation is 1. The van der Waals surface area contributed by atoms with Crippen molar-refractivity contribution in [3.63, 3.8) is 0 Å². The van der Waals surface area contributed by atoms with Gasteiger partial charge in [0.1, 0.15) is 5.82 Å². The van der Waals surface area contributed by atoms with Gasteiger partial charge in [-0.1, -0.05) is 12.1 Å². The Bertz CT molecular complexity index is 609. The quantitative estimate of drug-likeness (QED) is 0.903. The van der Waals surface area contributed by atoms with Crippen molar-refractivity contribution in [2.75, 3.05) is 11.1 Å². The largest absolute Gasteiger partial charge is 0.416 e. The molecule has 0 spiro atoms. The Hall–Kier alpha value is -2.24. The third kappa shape index (κ3) is 3.40. The lowest BCUT2D eigenvalue weighted by Crippen LogP contribution is -2.08. The molecule has 20 heavy (non-hydrogen) atoms. The van der Waals surface area contributed by atoms with Crippen molar-refractivity contribution in [2.45, 2.75) is 19.6 Å². The minimum atomic E-state index is -4.34. The molecular formula is C14H14F3N3. The fourth-order valence-electron chi connectivity index (χ4n) is 1.78. The van der Waals surface area contributed by atoms with Crippen LogP contribution in [0.3, 0.4) is 0 Å². The van der Waals surface area contributed by atoms with Gasteiger partial charge in [-0.25, -0.2) is 4.98 Å². The summed E-state index contributed by atoms with van der Waals surface area (Å²) in [5, 5.41) is 2.93. The first kappa shape index (κ1) is 14.2. The summed E-state index contributed by atoms with van der Waals surface area (Å²) in [6.07, 6.45) is -2.69. The van der Waals surface area contributed by atoms with Crippen molar-refractivity contribution in [3.05, 3.63) is 53.2 Å². The highest BCUT2D eigenvalue weighted by molar-refractivity contribution is 5.61. The molecule has 106 valence electrons. The lowest BCUT2D eigenvalue weighted by molar-refractivity contribution is -0.137. The second-order valence-electron chi connectivity index (χ2n) is 4.50. The van der Waals surface area contributed by atoms with Gasteiger partial charge in [0, 0.05) is 12.7 Å². The molecule has 1 heterocycles. The number of nitrogens with zero attached hydrogens (tertiary/aromatic N) is 1. The second-order valence-corrected chi connectivity index (χ2v) is 4.50. The number of benzene rings is 1. The van der Waals surface area contributed by atoms with Crippen LogP contribution in [0.2, 0.25) is 0 Å². The van der Waals surface area contributed by atoms with Gasteiger partial charge in [0.15, 0.2) is 0 Å². The van der Waals surface area contributed by atoms with Crippen LogP contribution >= 0.6 is 0 Å². The topological polar surface area (TPSA) is 50.9 Å². The lowest BCUT2D eigenvalue weighted by Gasteiger charge is -2.11. The number of halogens is 3. The molecule has 1 aromatic carbocycles. The molecule has 0 bridgehead atoms. The number of nitrogen functional groups attached to an aromatic ring is 1. The average Bonchev–Trinajstić information content (AvgIpc) is 2.37. The number of anilines is 2. The second kappa shape index (κ2) is 5.40. The zero-order valence-corrected chi connectivity index (χ0v) is 10.8. The van der Waals surface area contributed by atoms with E-state index in [1.54, 1.807) is 18.3 Å². The van der Waals surface area contributed by atoms with Gasteiger partial charge < -0.3 is 11.1 Å². The molecule has 1 aromatic heterocycles. The number of rotatable bonds is 3. The summed E-state index contributed by atoms with van der Waals surface area (Å²) in [6.45, 7) is 2.09. The number of hydrogen-bond acceptors (Lipinski definition) is 3. The van der Waals surface area contributed by atoms with Gasteiger partial charge in [-0.05, 0) is 36.2 Å². The fourth-order valence-corrected chi connectivity index (χ4v) is 1.78. The molecule has 3 nitrogen and oxygen atoms in total. The maximum atomic E-state index is 12.6. The minimum Gasteiger partial charge on any atom is -0.396 e.